The van der Waals surface area contributed by atoms with E-state index in [1.807, 2.05) is 12.1 Å². The van der Waals surface area contributed by atoms with Gasteiger partial charge in [0.1, 0.15) is 5.75 Å². The summed E-state index contributed by atoms with van der Waals surface area (Å²) in [6.07, 6.45) is 9.44. The third-order valence-corrected chi connectivity index (χ3v) is 3.85. The van der Waals surface area contributed by atoms with Gasteiger partial charge in [0.25, 0.3) is 0 Å². The van der Waals surface area contributed by atoms with Crippen molar-refractivity contribution in [2.45, 2.75) is 38.6 Å². The number of rotatable bonds is 6. The van der Waals surface area contributed by atoms with Gasteiger partial charge < -0.3 is 10.1 Å². The minimum absolute atomic E-state index is 0.488. The second kappa shape index (κ2) is 7.34. The molecule has 2 heteroatoms. The van der Waals surface area contributed by atoms with E-state index in [1.54, 1.807) is 7.11 Å². The van der Waals surface area contributed by atoms with Crippen molar-refractivity contribution < 1.29 is 4.74 Å². The minimum Gasteiger partial charge on any atom is -0.496 e. The summed E-state index contributed by atoms with van der Waals surface area (Å²) in [5.74, 6) is 1.81. The van der Waals surface area contributed by atoms with Crippen LogP contribution in [0.25, 0.3) is 0 Å². The molecule has 0 amide bonds. The first-order valence-electron chi connectivity index (χ1n) is 7.30. The van der Waals surface area contributed by atoms with Gasteiger partial charge in [-0.1, -0.05) is 30.4 Å². The molecule has 1 aromatic rings. The third kappa shape index (κ3) is 4.39. The molecule has 2 nitrogen and oxygen atoms in total. The van der Waals surface area contributed by atoms with E-state index in [4.69, 9.17) is 4.74 Å². The van der Waals surface area contributed by atoms with Crippen molar-refractivity contribution in [2.24, 2.45) is 5.92 Å². The van der Waals surface area contributed by atoms with Gasteiger partial charge in [-0.05, 0) is 56.7 Å². The number of para-hydroxylation sites is 1. The molecule has 0 aliphatic heterocycles. The van der Waals surface area contributed by atoms with Crippen LogP contribution in [0.5, 0.6) is 5.75 Å². The predicted molar refractivity (Wildman–Crippen MR) is 80.6 cm³/mol. The molecule has 0 spiro atoms. The van der Waals surface area contributed by atoms with Crippen molar-refractivity contribution in [1.29, 1.82) is 0 Å². The molecule has 0 aromatic heterocycles. The lowest BCUT2D eigenvalue weighted by Crippen LogP contribution is -2.33. The number of methoxy groups -OCH3 is 1. The number of allylic oxidation sites excluding steroid dienone is 2. The summed E-state index contributed by atoms with van der Waals surface area (Å²) in [6.45, 7) is 3.38. The van der Waals surface area contributed by atoms with E-state index >= 15 is 0 Å². The molecule has 0 heterocycles. The van der Waals surface area contributed by atoms with Gasteiger partial charge in [0.15, 0.2) is 0 Å². The molecule has 104 valence electrons. The molecular formula is C17H25NO. The van der Waals surface area contributed by atoms with Crippen LogP contribution in [0.1, 0.15) is 31.7 Å². The second-order valence-corrected chi connectivity index (χ2v) is 5.48. The van der Waals surface area contributed by atoms with Crippen LogP contribution in [0.3, 0.4) is 0 Å². The Morgan fingerprint density at radius 3 is 2.89 bits per heavy atom. The molecule has 1 aromatic carbocycles. The van der Waals surface area contributed by atoms with E-state index in [2.05, 4.69) is 36.5 Å². The Morgan fingerprint density at radius 1 is 1.32 bits per heavy atom. The van der Waals surface area contributed by atoms with E-state index in [0.29, 0.717) is 6.04 Å². The van der Waals surface area contributed by atoms with E-state index in [0.717, 1.165) is 24.6 Å². The van der Waals surface area contributed by atoms with Gasteiger partial charge in [-0.15, -0.1) is 0 Å². The summed E-state index contributed by atoms with van der Waals surface area (Å²) in [7, 11) is 1.74. The first-order valence-corrected chi connectivity index (χ1v) is 7.30. The van der Waals surface area contributed by atoms with Crippen molar-refractivity contribution in [1.82, 2.24) is 5.32 Å². The van der Waals surface area contributed by atoms with E-state index < -0.39 is 0 Å². The molecule has 1 aliphatic carbocycles. The lowest BCUT2D eigenvalue weighted by molar-refractivity contribution is 0.394. The number of hydrogen-bond donors (Lipinski definition) is 1. The maximum atomic E-state index is 5.40. The summed E-state index contributed by atoms with van der Waals surface area (Å²) < 4.78 is 5.40. The van der Waals surface area contributed by atoms with Crippen molar-refractivity contribution in [3.8, 4) is 5.75 Å². The van der Waals surface area contributed by atoms with Gasteiger partial charge in [-0.25, -0.2) is 0 Å². The highest BCUT2D eigenvalue weighted by molar-refractivity contribution is 5.33. The molecule has 19 heavy (non-hydrogen) atoms. The molecular weight excluding hydrogens is 234 g/mol. The smallest absolute Gasteiger partial charge is 0.122 e. The van der Waals surface area contributed by atoms with Crippen LogP contribution in [-0.4, -0.2) is 19.7 Å². The van der Waals surface area contributed by atoms with Crippen LogP contribution in [0.2, 0.25) is 0 Å². The largest absolute Gasteiger partial charge is 0.496 e. The summed E-state index contributed by atoms with van der Waals surface area (Å²) in [4.78, 5) is 0. The van der Waals surface area contributed by atoms with Gasteiger partial charge in [0.05, 0.1) is 7.11 Å². The highest BCUT2D eigenvalue weighted by Gasteiger charge is 2.12. The SMILES string of the molecule is COc1ccccc1CC(C)NCC1CC=CCC1. The normalized spacial score (nSPS) is 20.2. The first-order chi connectivity index (χ1) is 9.29. The van der Waals surface area contributed by atoms with Gasteiger partial charge in [-0.3, -0.25) is 0 Å². The van der Waals surface area contributed by atoms with Gasteiger partial charge >= 0.3 is 0 Å². The standard InChI is InChI=1S/C17H25NO/c1-14(18-13-15-8-4-3-5-9-15)12-16-10-6-7-11-17(16)19-2/h3-4,6-7,10-11,14-15,18H,5,8-9,12-13H2,1-2H3. The fourth-order valence-corrected chi connectivity index (χ4v) is 2.68. The van der Waals surface area contributed by atoms with Gasteiger partial charge in [0, 0.05) is 6.04 Å². The molecule has 1 N–H and O–H groups in total. The Hall–Kier alpha value is -1.28. The van der Waals surface area contributed by atoms with Gasteiger partial charge in [0.2, 0.25) is 0 Å². The summed E-state index contributed by atoms with van der Waals surface area (Å²) in [5.41, 5.74) is 1.29. The average molecular weight is 259 g/mol. The van der Waals surface area contributed by atoms with Crippen LogP contribution in [0, 0.1) is 5.92 Å². The lowest BCUT2D eigenvalue weighted by atomic mass is 9.94. The second-order valence-electron chi connectivity index (χ2n) is 5.48. The van der Waals surface area contributed by atoms with E-state index in [9.17, 15) is 0 Å². The van der Waals surface area contributed by atoms with Crippen molar-refractivity contribution >= 4 is 0 Å². The van der Waals surface area contributed by atoms with Crippen LogP contribution >= 0.6 is 0 Å². The highest BCUT2D eigenvalue weighted by Crippen LogP contribution is 2.20. The summed E-state index contributed by atoms with van der Waals surface area (Å²) >= 11 is 0. The number of nitrogens with one attached hydrogen (secondary N) is 1. The quantitative estimate of drug-likeness (QED) is 0.789. The summed E-state index contributed by atoms with van der Waals surface area (Å²) in [5, 5.41) is 3.66. The number of benzene rings is 1. The Labute approximate surface area is 116 Å². The zero-order chi connectivity index (χ0) is 13.5. The van der Waals surface area contributed by atoms with Crippen molar-refractivity contribution in [2.75, 3.05) is 13.7 Å². The minimum atomic E-state index is 0.488. The average Bonchev–Trinajstić information content (AvgIpc) is 2.47. The van der Waals surface area contributed by atoms with Crippen LogP contribution < -0.4 is 10.1 Å². The Kier molecular flexibility index (Phi) is 5.46. The zero-order valence-electron chi connectivity index (χ0n) is 12.1. The highest BCUT2D eigenvalue weighted by atomic mass is 16.5. The molecule has 0 saturated carbocycles. The Balaban J connectivity index is 1.80. The molecule has 2 rings (SSSR count). The Bertz CT molecular complexity index is 413. The molecule has 0 bridgehead atoms. The van der Waals surface area contributed by atoms with Crippen LogP contribution in [-0.2, 0) is 6.42 Å². The first kappa shape index (κ1) is 14.1. The third-order valence-electron chi connectivity index (χ3n) is 3.85. The lowest BCUT2D eigenvalue weighted by Gasteiger charge is -2.22. The van der Waals surface area contributed by atoms with E-state index in [1.165, 1.54) is 24.8 Å². The maximum absolute atomic E-state index is 5.40. The fourth-order valence-electron chi connectivity index (χ4n) is 2.68. The molecule has 1 aliphatic rings. The summed E-state index contributed by atoms with van der Waals surface area (Å²) in [6, 6.07) is 8.78. The molecule has 2 unspecified atom stereocenters. The predicted octanol–water partition coefficient (Wildman–Crippen LogP) is 3.57. The van der Waals surface area contributed by atoms with Crippen molar-refractivity contribution in [3.05, 3.63) is 42.0 Å². The topological polar surface area (TPSA) is 21.3 Å². The van der Waals surface area contributed by atoms with E-state index in [-0.39, 0.29) is 0 Å². The molecule has 2 atom stereocenters. The number of hydrogen-bond acceptors (Lipinski definition) is 2. The van der Waals surface area contributed by atoms with Crippen molar-refractivity contribution in [3.63, 3.8) is 0 Å². The Morgan fingerprint density at radius 2 is 2.16 bits per heavy atom. The van der Waals surface area contributed by atoms with Crippen LogP contribution in [0.15, 0.2) is 36.4 Å². The maximum Gasteiger partial charge on any atom is 0.122 e. The molecule has 0 fully saturated rings. The number of ether oxygens (including phenoxy) is 1. The monoisotopic (exact) mass is 259 g/mol. The molecule has 0 saturated heterocycles. The molecule has 0 radical (unpaired) electrons. The fraction of sp³-hybridized carbons (Fsp3) is 0.529. The van der Waals surface area contributed by atoms with Gasteiger partial charge in [-0.2, -0.15) is 0 Å². The zero-order valence-corrected chi connectivity index (χ0v) is 12.1. The van der Waals surface area contributed by atoms with Crippen LogP contribution in [0.4, 0.5) is 0 Å².